The van der Waals surface area contributed by atoms with Crippen molar-refractivity contribution in [3.05, 3.63) is 36.4 Å². The number of benzene rings is 1. The Balaban J connectivity index is 1.24. The highest BCUT2D eigenvalue weighted by atomic mass is 16.5. The molecular weight excluding hydrogens is 534 g/mol. The molecule has 0 saturated heterocycles. The second kappa shape index (κ2) is 9.36. The van der Waals surface area contributed by atoms with Crippen LogP contribution in [0, 0.1) is 62.6 Å². The van der Waals surface area contributed by atoms with Crippen LogP contribution in [0.1, 0.15) is 99.3 Å². The van der Waals surface area contributed by atoms with Crippen molar-refractivity contribution in [2.75, 3.05) is 12.4 Å². The zero-order valence-electron chi connectivity index (χ0n) is 27.6. The van der Waals surface area contributed by atoms with Crippen LogP contribution in [-0.2, 0) is 14.3 Å². The predicted molar refractivity (Wildman–Crippen MR) is 169 cm³/mol. The summed E-state index contributed by atoms with van der Waals surface area (Å²) in [5, 5.41) is 3.37. The number of ether oxygens (including phenoxy) is 2. The van der Waals surface area contributed by atoms with E-state index in [4.69, 9.17) is 9.47 Å². The van der Waals surface area contributed by atoms with Gasteiger partial charge in [-0.3, -0.25) is 9.59 Å². The van der Waals surface area contributed by atoms with Gasteiger partial charge in [-0.15, -0.1) is 0 Å². The van der Waals surface area contributed by atoms with Gasteiger partial charge in [0, 0.05) is 18.0 Å². The molecule has 6 unspecified atom stereocenters. The Morgan fingerprint density at radius 1 is 0.884 bits per heavy atom. The predicted octanol–water partition coefficient (Wildman–Crippen LogP) is 8.44. The molecule has 1 aromatic rings. The van der Waals surface area contributed by atoms with Gasteiger partial charge in [-0.05, 0) is 141 Å². The third-order valence-corrected chi connectivity index (χ3v) is 15.3. The smallest absolute Gasteiger partial charge is 0.302 e. The number of anilines is 1. The van der Waals surface area contributed by atoms with Crippen molar-refractivity contribution in [3.8, 4) is 5.75 Å². The first kappa shape index (κ1) is 29.4. The van der Waals surface area contributed by atoms with Gasteiger partial charge in [-0.1, -0.05) is 39.8 Å². The summed E-state index contributed by atoms with van der Waals surface area (Å²) in [6, 6.07) is 7.78. The van der Waals surface area contributed by atoms with Gasteiger partial charge in [0.2, 0.25) is 5.91 Å². The average Bonchev–Trinajstić information content (AvgIpc) is 3.26. The van der Waals surface area contributed by atoms with Gasteiger partial charge < -0.3 is 14.8 Å². The Morgan fingerprint density at radius 2 is 1.60 bits per heavy atom. The Morgan fingerprint density at radius 3 is 2.26 bits per heavy atom. The van der Waals surface area contributed by atoms with Crippen molar-refractivity contribution in [1.29, 1.82) is 0 Å². The quantitative estimate of drug-likeness (QED) is 0.277. The monoisotopic (exact) mass is 587 g/mol. The van der Waals surface area contributed by atoms with Gasteiger partial charge >= 0.3 is 5.97 Å². The lowest BCUT2D eigenvalue weighted by molar-refractivity contribution is -0.186. The van der Waals surface area contributed by atoms with Gasteiger partial charge in [0.15, 0.2) is 0 Å². The van der Waals surface area contributed by atoms with Crippen LogP contribution in [0.5, 0.6) is 5.75 Å². The van der Waals surface area contributed by atoms with E-state index < -0.39 is 0 Å². The van der Waals surface area contributed by atoms with Crippen molar-refractivity contribution in [3.63, 3.8) is 0 Å². The third-order valence-electron chi connectivity index (χ3n) is 15.3. The zero-order valence-corrected chi connectivity index (χ0v) is 27.6. The van der Waals surface area contributed by atoms with E-state index in [9.17, 15) is 9.59 Å². The second-order valence-corrected chi connectivity index (χ2v) is 16.7. The molecule has 6 fully saturated rings. The lowest BCUT2D eigenvalue weighted by Crippen LogP contribution is -2.58. The molecule has 11 atom stereocenters. The summed E-state index contributed by atoms with van der Waals surface area (Å²) in [6.45, 7) is 18.3. The summed E-state index contributed by atoms with van der Waals surface area (Å²) in [7, 11) is 1.67. The maximum Gasteiger partial charge on any atom is 0.302 e. The zero-order chi connectivity index (χ0) is 30.7. The fourth-order valence-corrected chi connectivity index (χ4v) is 13.7. The Kier molecular flexibility index (Phi) is 6.40. The first-order valence-electron chi connectivity index (χ1n) is 17.1. The largest absolute Gasteiger partial charge is 0.497 e. The van der Waals surface area contributed by atoms with Crippen LogP contribution in [0.3, 0.4) is 0 Å². The fourth-order valence-electron chi connectivity index (χ4n) is 13.7. The Hall–Kier alpha value is -2.30. The van der Waals surface area contributed by atoms with E-state index in [1.54, 1.807) is 14.0 Å². The summed E-state index contributed by atoms with van der Waals surface area (Å²) in [4.78, 5) is 26.5. The molecule has 1 N–H and O–H groups in total. The number of fused-ring (bicyclic) bond motifs is 4. The SMILES string of the molecule is C=C(C)[C@@H]1CCC2(C(=O)Nc3ccc(OC)cc3)CC[C@@]34C(CCC5[C@@]6(C)CC[C@H](OC(C)=O)C(C)(C)C6CC3[C@]54C)C12. The number of methoxy groups -OCH3 is 1. The van der Waals surface area contributed by atoms with Crippen LogP contribution >= 0.6 is 0 Å². The minimum absolute atomic E-state index is 0.00242. The van der Waals surface area contributed by atoms with Crippen molar-refractivity contribution >= 4 is 17.6 Å². The molecule has 1 amide bonds. The molecule has 234 valence electrons. The standard InChI is InChI=1S/C38H53NO4/c1-22(2)26-15-18-37(33(41)39-24-9-11-25(42-8)12-10-24)19-20-38-27(32(26)37)13-14-28-35(6)17-16-31(43-23(3)40)34(4,5)29(35)21-30(38)36(28,38)7/h9-12,26-32H,1,13-21H2,2-8H3,(H,39,41)/t26-,27?,28?,29?,30?,31-,32?,35+,36-,37?,38+/m0/s1. The minimum atomic E-state index is -0.329. The molecule has 6 aliphatic rings. The topological polar surface area (TPSA) is 64.6 Å². The molecule has 0 radical (unpaired) electrons. The summed E-state index contributed by atoms with van der Waals surface area (Å²) < 4.78 is 11.3. The van der Waals surface area contributed by atoms with Crippen LogP contribution in [0.4, 0.5) is 5.69 Å². The molecule has 1 spiro atoms. The van der Waals surface area contributed by atoms with E-state index in [0.29, 0.717) is 46.3 Å². The number of amides is 1. The summed E-state index contributed by atoms with van der Waals surface area (Å²) in [5.41, 5.74) is 2.68. The van der Waals surface area contributed by atoms with Crippen molar-refractivity contribution in [2.45, 2.75) is 105 Å². The molecule has 0 aromatic heterocycles. The molecule has 0 bridgehead atoms. The lowest BCUT2D eigenvalue weighted by atomic mass is 9.43. The lowest BCUT2D eigenvalue weighted by Gasteiger charge is -2.62. The minimum Gasteiger partial charge on any atom is -0.497 e. The molecule has 1 aromatic carbocycles. The second-order valence-electron chi connectivity index (χ2n) is 16.7. The third kappa shape index (κ3) is 3.63. The van der Waals surface area contributed by atoms with Crippen LogP contribution in [0.2, 0.25) is 0 Å². The van der Waals surface area contributed by atoms with E-state index in [2.05, 4.69) is 46.5 Å². The fraction of sp³-hybridized carbons (Fsp3) is 0.737. The average molecular weight is 588 g/mol. The van der Waals surface area contributed by atoms with E-state index in [1.165, 1.54) is 31.3 Å². The van der Waals surface area contributed by atoms with E-state index in [0.717, 1.165) is 43.5 Å². The number of allylic oxidation sites excluding steroid dienone is 1. The number of esters is 1. The number of carbonyl (C=O) groups is 2. The molecule has 6 saturated carbocycles. The number of hydrogen-bond donors (Lipinski definition) is 1. The Bertz CT molecular complexity index is 1350. The molecule has 43 heavy (non-hydrogen) atoms. The molecule has 0 aliphatic heterocycles. The summed E-state index contributed by atoms with van der Waals surface area (Å²) in [5.74, 6) is 4.15. The molecule has 6 aliphatic carbocycles. The highest BCUT2D eigenvalue weighted by Gasteiger charge is 2.87. The van der Waals surface area contributed by atoms with Crippen LogP contribution in [0.25, 0.3) is 0 Å². The summed E-state index contributed by atoms with van der Waals surface area (Å²) >= 11 is 0. The van der Waals surface area contributed by atoms with Crippen molar-refractivity contribution in [2.24, 2.45) is 62.6 Å². The van der Waals surface area contributed by atoms with Crippen LogP contribution < -0.4 is 10.1 Å². The van der Waals surface area contributed by atoms with Crippen molar-refractivity contribution in [1.82, 2.24) is 0 Å². The number of rotatable bonds is 5. The summed E-state index contributed by atoms with van der Waals surface area (Å²) in [6.07, 6.45) is 10.1. The molecular formula is C38H53NO4. The van der Waals surface area contributed by atoms with Gasteiger partial charge in [0.25, 0.3) is 0 Å². The number of hydrogen-bond acceptors (Lipinski definition) is 4. The van der Waals surface area contributed by atoms with Gasteiger partial charge in [0.1, 0.15) is 11.9 Å². The van der Waals surface area contributed by atoms with Crippen LogP contribution in [0.15, 0.2) is 36.4 Å². The van der Waals surface area contributed by atoms with Crippen LogP contribution in [-0.4, -0.2) is 25.1 Å². The highest BCUT2D eigenvalue weighted by Crippen LogP contribution is 2.92. The maximum atomic E-state index is 14.4. The highest BCUT2D eigenvalue weighted by molar-refractivity contribution is 5.96. The molecule has 7 rings (SSSR count). The molecule has 5 nitrogen and oxygen atoms in total. The first-order chi connectivity index (χ1) is 20.3. The normalized spacial score (nSPS) is 46.7. The Labute approximate surface area is 258 Å². The molecule has 0 heterocycles. The first-order valence-corrected chi connectivity index (χ1v) is 17.1. The molecule has 5 heteroatoms. The van der Waals surface area contributed by atoms with E-state index in [1.807, 2.05) is 24.3 Å². The van der Waals surface area contributed by atoms with Gasteiger partial charge in [-0.2, -0.15) is 0 Å². The maximum absolute atomic E-state index is 14.4. The van der Waals surface area contributed by atoms with E-state index in [-0.39, 0.29) is 34.2 Å². The number of nitrogens with one attached hydrogen (secondary N) is 1. The van der Waals surface area contributed by atoms with Crippen molar-refractivity contribution < 1.29 is 19.1 Å². The van der Waals surface area contributed by atoms with E-state index >= 15 is 0 Å². The van der Waals surface area contributed by atoms with Gasteiger partial charge in [-0.25, -0.2) is 0 Å². The van der Waals surface area contributed by atoms with Gasteiger partial charge in [0.05, 0.1) is 12.5 Å². The number of carbonyl (C=O) groups excluding carboxylic acids is 2.